The van der Waals surface area contributed by atoms with E-state index in [2.05, 4.69) is 47.7 Å². The maximum absolute atomic E-state index is 14.8. The van der Waals surface area contributed by atoms with Crippen LogP contribution in [0.3, 0.4) is 0 Å². The van der Waals surface area contributed by atoms with Crippen molar-refractivity contribution in [3.8, 4) is 5.75 Å². The van der Waals surface area contributed by atoms with E-state index < -0.39 is 207 Å². The maximum atomic E-state index is 14.8. The largest absolute Gasteiger partial charge is 0.508 e. The van der Waals surface area contributed by atoms with Crippen LogP contribution in [0, 0.1) is 17.8 Å². The summed E-state index contributed by atoms with van der Waals surface area (Å²) in [4.78, 5) is 214. The number of carbonyl (C=O) groups is 16. The summed E-state index contributed by atoms with van der Waals surface area (Å²) in [7, 11) is 3.91. The molecular formula is C74H107N13O25S3. The highest BCUT2D eigenvalue weighted by molar-refractivity contribution is 8.76. The Bertz CT molecular complexity index is 3790. The molecule has 0 aliphatic carbocycles. The van der Waals surface area contributed by atoms with Crippen molar-refractivity contribution >= 4 is 128 Å². The number of aliphatic hydroxyl groups is 1. The summed E-state index contributed by atoms with van der Waals surface area (Å²) >= 11 is 0.996. The van der Waals surface area contributed by atoms with Gasteiger partial charge in [0.25, 0.3) is 5.91 Å². The van der Waals surface area contributed by atoms with Crippen LogP contribution in [-0.2, 0) is 84.6 Å². The molecule has 38 nitrogen and oxygen atoms in total. The first-order chi connectivity index (χ1) is 54.4. The van der Waals surface area contributed by atoms with E-state index in [-0.39, 0.29) is 84.4 Å². The second-order valence-corrected chi connectivity index (χ2v) is 31.6. The SMILES string of the molecule is CCCC(=O)OCN(C(=O)[C@@H](NC(=O)[C@H]1CCCCN1C)C(C)CC)[C@H](C[C@@H](O)c1nc(C(=O)N[C@@H](Cc2ccc(O)cc2)C[C@H](C)C(=O)NNC(=O)OCCSSC[C@H](NC(=O)[C@H](Cc2ccccc2)NC(=O)[C@H](C)NC(=O)CCC(NC(=O)CC[C@H](NC(=O)N[C@@H](CCC(=O)O)C(=O)O)C(=O)O)C(=O)O)C(=O)O)cs1)C(C)C. The number of aromatic nitrogens is 1. The summed E-state index contributed by atoms with van der Waals surface area (Å²) in [5.74, 6) is -15.8. The molecule has 1 aliphatic heterocycles. The molecule has 115 heavy (non-hydrogen) atoms. The van der Waals surface area contributed by atoms with Crippen LogP contribution in [0.1, 0.15) is 171 Å². The number of carboxylic acid groups (broad SMARTS) is 5. The van der Waals surface area contributed by atoms with Gasteiger partial charge in [-0.05, 0) is 107 Å². The first-order valence-corrected chi connectivity index (χ1v) is 40.9. The number of benzene rings is 2. The summed E-state index contributed by atoms with van der Waals surface area (Å²) in [6.07, 6.45) is -2.58. The number of hydrogen-bond acceptors (Lipinski definition) is 25. The number of aromatic hydroxyl groups is 1. The van der Waals surface area contributed by atoms with Gasteiger partial charge in [-0.15, -0.1) is 11.3 Å². The van der Waals surface area contributed by atoms with Gasteiger partial charge in [-0.1, -0.05) is 118 Å². The standard InChI is InChI=1S/C74H107N13O25S3/c1-9-16-60(94)112-39-87(68(100)61(41(5)10-2)83-66(99)54-19-14-15-30-86(54)8)55(40(3)4)36-56(89)67-80-52(37-113-67)65(98)76-46(34-45-20-22-47(88)23-21-45)33-42(6)62(95)84-85-74(110)111-31-32-114-115-38-53(72(107)108)79-64(97)51(35-44-17-12-11-13-18-44)78-63(96)43(7)75-57(90)27-24-48(69(101)102)77-58(91)28-25-49(70(103)104)81-73(109)82-50(71(105)106)26-29-59(92)93/h11-13,17-18,20-23,37,40-43,46,48-51,53-56,61,88-89H,9-10,14-16,19,24-36,38-39H2,1-8H3,(H,75,90)(H,76,98)(H,77,91)(H,78,96)(H,79,97)(H,83,99)(H,84,95)(H,85,110)(H,92,93)(H,101,102)(H,103,104)(H,105,106)(H,107,108)(H2,81,82,109)/t41?,42-,43-,46+,48?,49-,50-,51-,53-,54+,55+,56+,61-/m0/s1. The third-order valence-electron chi connectivity index (χ3n) is 18.6. The number of esters is 1. The first kappa shape index (κ1) is 97.0. The summed E-state index contributed by atoms with van der Waals surface area (Å²) < 4.78 is 10.8. The Morgan fingerprint density at radius 1 is 0.626 bits per heavy atom. The van der Waals surface area contributed by atoms with Crippen LogP contribution in [0.4, 0.5) is 9.59 Å². The second-order valence-electron chi connectivity index (χ2n) is 28.0. The van der Waals surface area contributed by atoms with E-state index in [4.69, 9.17) is 14.6 Å². The smallest absolute Gasteiger partial charge is 0.426 e. The number of aliphatic carboxylic acids is 5. The van der Waals surface area contributed by atoms with Gasteiger partial charge in [-0.3, -0.25) is 58.3 Å². The molecule has 41 heteroatoms. The molecule has 1 aromatic heterocycles. The molecule has 3 aromatic rings. The minimum atomic E-state index is -1.80. The van der Waals surface area contributed by atoms with E-state index in [9.17, 15) is 107 Å². The molecule has 2 heterocycles. The number of urea groups is 1. The number of phenolic OH excluding ortho intramolecular Hbond substituents is 1. The Hall–Kier alpha value is -10.4. The van der Waals surface area contributed by atoms with Crippen LogP contribution < -0.4 is 53.4 Å². The molecule has 13 atom stereocenters. The van der Waals surface area contributed by atoms with Crippen molar-refractivity contribution in [3.63, 3.8) is 0 Å². The van der Waals surface area contributed by atoms with Gasteiger partial charge >= 0.3 is 47.9 Å². The minimum absolute atomic E-state index is 0.00238. The number of thiazole rings is 1. The minimum Gasteiger partial charge on any atom is -0.508 e. The third kappa shape index (κ3) is 35.1. The van der Waals surface area contributed by atoms with Gasteiger partial charge in [0.2, 0.25) is 41.4 Å². The van der Waals surface area contributed by atoms with Crippen LogP contribution in [0.5, 0.6) is 5.75 Å². The molecule has 4 rings (SSSR count). The molecule has 2 unspecified atom stereocenters. The number of carbonyl (C=O) groups excluding carboxylic acids is 11. The molecular weight excluding hydrogens is 1570 g/mol. The number of nitrogens with one attached hydrogen (secondary N) is 10. The number of aliphatic hydroxyl groups excluding tert-OH is 1. The van der Waals surface area contributed by atoms with Crippen molar-refractivity contribution in [1.82, 2.24) is 68.2 Å². The third-order valence-corrected chi connectivity index (χ3v) is 21.9. The molecule has 1 fully saturated rings. The fourth-order valence-corrected chi connectivity index (χ4v) is 14.6. The van der Waals surface area contributed by atoms with Crippen LogP contribution in [0.15, 0.2) is 60.0 Å². The topological polar surface area (TPSA) is 573 Å². The first-order valence-electron chi connectivity index (χ1n) is 37.5. The fourth-order valence-electron chi connectivity index (χ4n) is 11.8. The number of rotatable bonds is 50. The number of amides is 11. The highest BCUT2D eigenvalue weighted by Gasteiger charge is 2.40. The number of nitrogens with zero attached hydrogens (tertiary/aromatic N) is 3. The van der Waals surface area contributed by atoms with E-state index in [1.807, 2.05) is 57.2 Å². The Morgan fingerprint density at radius 2 is 1.22 bits per heavy atom. The lowest BCUT2D eigenvalue weighted by Gasteiger charge is -2.39. The monoisotopic (exact) mass is 1670 g/mol. The highest BCUT2D eigenvalue weighted by atomic mass is 33.1. The fraction of sp³-hybridized carbons (Fsp3) is 0.581. The molecule has 2 aromatic carbocycles. The Balaban J connectivity index is 1.30. The van der Waals surface area contributed by atoms with Crippen molar-refractivity contribution < 1.29 is 122 Å². The van der Waals surface area contributed by atoms with Crippen molar-refractivity contribution in [2.75, 3.05) is 38.4 Å². The zero-order valence-corrected chi connectivity index (χ0v) is 67.7. The van der Waals surface area contributed by atoms with Crippen molar-refractivity contribution in [2.24, 2.45) is 17.8 Å². The lowest BCUT2D eigenvalue weighted by Crippen LogP contribution is -2.59. The van der Waals surface area contributed by atoms with Crippen molar-refractivity contribution in [1.29, 1.82) is 0 Å². The molecule has 0 spiro atoms. The van der Waals surface area contributed by atoms with Gasteiger partial charge in [0.1, 0.15) is 71.5 Å². The molecule has 1 aliphatic rings. The number of piperidine rings is 1. The number of hydrazine groups is 1. The molecule has 11 amide bonds. The Kier molecular flexibility index (Phi) is 42.2. The molecule has 636 valence electrons. The van der Waals surface area contributed by atoms with Gasteiger partial charge in [-0.2, -0.15) is 0 Å². The van der Waals surface area contributed by atoms with E-state index in [0.29, 0.717) is 30.4 Å². The summed E-state index contributed by atoms with van der Waals surface area (Å²) in [6, 6.07) is 0.592. The maximum Gasteiger partial charge on any atom is 0.426 e. The molecule has 0 saturated carbocycles. The molecule has 17 N–H and O–H groups in total. The molecule has 1 saturated heterocycles. The molecule has 0 radical (unpaired) electrons. The quantitative estimate of drug-likeness (QED) is 0.0127. The molecule has 0 bridgehead atoms. The van der Waals surface area contributed by atoms with Gasteiger partial charge < -0.3 is 92.7 Å². The van der Waals surface area contributed by atoms with Crippen LogP contribution in [0.25, 0.3) is 0 Å². The lowest BCUT2D eigenvalue weighted by molar-refractivity contribution is -0.159. The summed E-state index contributed by atoms with van der Waals surface area (Å²) in [5, 5.41) is 90.3. The number of hydrogen-bond donors (Lipinski definition) is 17. The highest BCUT2D eigenvalue weighted by Crippen LogP contribution is 2.30. The van der Waals surface area contributed by atoms with E-state index in [1.54, 1.807) is 49.4 Å². The summed E-state index contributed by atoms with van der Waals surface area (Å²) in [6.45, 7) is 12.1. The van der Waals surface area contributed by atoms with Crippen LogP contribution in [0.2, 0.25) is 0 Å². The zero-order chi connectivity index (χ0) is 85.6. The summed E-state index contributed by atoms with van der Waals surface area (Å²) in [5.41, 5.74) is 5.59. The number of likely N-dealkylation sites (tertiary alicyclic amines) is 1. The number of phenols is 1. The average Bonchev–Trinajstić information content (AvgIpc) is 1.77. The zero-order valence-electron chi connectivity index (χ0n) is 65.3. The van der Waals surface area contributed by atoms with Crippen molar-refractivity contribution in [3.05, 3.63) is 81.8 Å². The predicted octanol–water partition coefficient (Wildman–Crippen LogP) is 2.95. The van der Waals surface area contributed by atoms with Gasteiger partial charge in [0.05, 0.1) is 6.04 Å². The van der Waals surface area contributed by atoms with Crippen LogP contribution >= 0.6 is 32.9 Å². The Labute approximate surface area is 676 Å². The van der Waals surface area contributed by atoms with Crippen molar-refractivity contribution in [2.45, 2.75) is 218 Å². The van der Waals surface area contributed by atoms with Gasteiger partial charge in [0.15, 0.2) is 6.73 Å². The van der Waals surface area contributed by atoms with Gasteiger partial charge in [0, 0.05) is 73.4 Å². The van der Waals surface area contributed by atoms with Crippen LogP contribution in [-0.4, -0.2) is 245 Å². The van der Waals surface area contributed by atoms with E-state index >= 15 is 0 Å². The predicted molar refractivity (Wildman–Crippen MR) is 418 cm³/mol. The van der Waals surface area contributed by atoms with Gasteiger partial charge in [-0.25, -0.2) is 39.2 Å². The average molecular weight is 1670 g/mol. The van der Waals surface area contributed by atoms with E-state index in [1.165, 1.54) is 29.3 Å². The number of carboxylic acids is 5. The lowest BCUT2D eigenvalue weighted by atomic mass is 9.92. The normalized spacial score (nSPS) is 15.8. The van der Waals surface area contributed by atoms with E-state index in [0.717, 1.165) is 52.3 Å². The second kappa shape index (κ2) is 50.1. The number of likely N-dealkylation sites (N-methyl/N-ethyl adjacent to an activating group) is 1. The number of ether oxygens (including phenoxy) is 2. The Morgan fingerprint density at radius 3 is 1.80 bits per heavy atom.